The molecule has 0 aliphatic carbocycles. The minimum atomic E-state index is 0.0834. The Balaban J connectivity index is 1.85. The lowest BCUT2D eigenvalue weighted by Gasteiger charge is -2.21. The maximum atomic E-state index is 11.3. The van der Waals surface area contributed by atoms with Gasteiger partial charge in [-0.2, -0.15) is 5.10 Å². The first-order valence-electron chi connectivity index (χ1n) is 7.21. The predicted molar refractivity (Wildman–Crippen MR) is 84.0 cm³/mol. The number of carbonyl (C=O) groups excluding carboxylic acids is 1. The number of nitrogens with zero attached hydrogens (tertiary/aromatic N) is 2. The highest BCUT2D eigenvalue weighted by molar-refractivity contribution is 6.03. The Morgan fingerprint density at radius 1 is 1.05 bits per heavy atom. The van der Waals surface area contributed by atoms with Crippen LogP contribution in [-0.2, 0) is 11.2 Å². The van der Waals surface area contributed by atoms with Crippen molar-refractivity contribution in [3.05, 3.63) is 71.8 Å². The van der Waals surface area contributed by atoms with Crippen molar-refractivity contribution in [1.82, 2.24) is 5.01 Å². The van der Waals surface area contributed by atoms with Crippen molar-refractivity contribution in [1.29, 1.82) is 0 Å². The van der Waals surface area contributed by atoms with Crippen LogP contribution in [0.2, 0.25) is 0 Å². The summed E-state index contributed by atoms with van der Waals surface area (Å²) in [5, 5.41) is 6.09. The van der Waals surface area contributed by atoms with E-state index in [1.807, 2.05) is 48.5 Å². The molecule has 0 fully saturated rings. The fourth-order valence-electron chi connectivity index (χ4n) is 2.86. The first-order valence-corrected chi connectivity index (χ1v) is 7.21. The SMILES string of the molecule is CC1C(c2ccccc2)=NN(C=O)C1Cc1ccccc1. The quantitative estimate of drug-likeness (QED) is 0.791. The van der Waals surface area contributed by atoms with Crippen LogP contribution in [0.3, 0.4) is 0 Å². The van der Waals surface area contributed by atoms with E-state index in [0.29, 0.717) is 0 Å². The smallest absolute Gasteiger partial charge is 0.230 e. The molecule has 21 heavy (non-hydrogen) atoms. The molecular formula is C18H18N2O. The van der Waals surface area contributed by atoms with Crippen molar-refractivity contribution in [3.63, 3.8) is 0 Å². The number of rotatable bonds is 4. The minimum absolute atomic E-state index is 0.0834. The molecule has 0 saturated heterocycles. The summed E-state index contributed by atoms with van der Waals surface area (Å²) >= 11 is 0. The molecule has 2 aromatic rings. The van der Waals surface area contributed by atoms with E-state index in [4.69, 9.17) is 0 Å². The van der Waals surface area contributed by atoms with E-state index >= 15 is 0 Å². The van der Waals surface area contributed by atoms with Crippen molar-refractivity contribution in [2.45, 2.75) is 19.4 Å². The van der Waals surface area contributed by atoms with Gasteiger partial charge >= 0.3 is 0 Å². The molecule has 2 unspecified atom stereocenters. The highest BCUT2D eigenvalue weighted by Gasteiger charge is 2.34. The second-order valence-electron chi connectivity index (χ2n) is 5.38. The summed E-state index contributed by atoms with van der Waals surface area (Å²) in [5.41, 5.74) is 3.31. The van der Waals surface area contributed by atoms with Crippen LogP contribution < -0.4 is 0 Å². The average Bonchev–Trinajstić information content (AvgIpc) is 2.86. The molecule has 0 saturated carbocycles. The van der Waals surface area contributed by atoms with Gasteiger partial charge in [0.2, 0.25) is 6.41 Å². The van der Waals surface area contributed by atoms with Gasteiger partial charge in [0, 0.05) is 5.92 Å². The molecule has 106 valence electrons. The molecule has 0 aromatic heterocycles. The fourth-order valence-corrected chi connectivity index (χ4v) is 2.86. The zero-order valence-corrected chi connectivity index (χ0v) is 12.0. The van der Waals surface area contributed by atoms with E-state index in [0.717, 1.165) is 24.1 Å². The van der Waals surface area contributed by atoms with Gasteiger partial charge in [-0.05, 0) is 17.5 Å². The number of hydrogen-bond acceptors (Lipinski definition) is 2. The van der Waals surface area contributed by atoms with Crippen LogP contribution in [0.25, 0.3) is 0 Å². The summed E-state index contributed by atoms with van der Waals surface area (Å²) in [4.78, 5) is 11.3. The third-order valence-corrected chi connectivity index (χ3v) is 4.04. The molecule has 0 radical (unpaired) electrons. The van der Waals surface area contributed by atoms with Gasteiger partial charge < -0.3 is 0 Å². The van der Waals surface area contributed by atoms with Crippen LogP contribution in [0.4, 0.5) is 0 Å². The van der Waals surface area contributed by atoms with Crippen molar-refractivity contribution in [3.8, 4) is 0 Å². The Labute approximate surface area is 124 Å². The predicted octanol–water partition coefficient (Wildman–Crippen LogP) is 3.11. The van der Waals surface area contributed by atoms with E-state index in [1.54, 1.807) is 5.01 Å². The van der Waals surface area contributed by atoms with E-state index in [-0.39, 0.29) is 12.0 Å². The Morgan fingerprint density at radius 2 is 1.67 bits per heavy atom. The van der Waals surface area contributed by atoms with Gasteiger partial charge in [-0.1, -0.05) is 67.6 Å². The van der Waals surface area contributed by atoms with Crippen LogP contribution in [0.5, 0.6) is 0 Å². The molecule has 0 N–H and O–H groups in total. The first-order chi connectivity index (χ1) is 10.3. The molecule has 2 atom stereocenters. The third-order valence-electron chi connectivity index (χ3n) is 4.04. The van der Waals surface area contributed by atoms with Crippen molar-refractivity contribution in [2.75, 3.05) is 0 Å². The Morgan fingerprint density at radius 3 is 2.29 bits per heavy atom. The summed E-state index contributed by atoms with van der Waals surface area (Å²) < 4.78 is 0. The van der Waals surface area contributed by atoms with E-state index in [2.05, 4.69) is 24.2 Å². The number of benzene rings is 2. The number of hydrogen-bond donors (Lipinski definition) is 0. The van der Waals surface area contributed by atoms with E-state index in [9.17, 15) is 4.79 Å². The topological polar surface area (TPSA) is 32.7 Å². The number of hydrazone groups is 1. The summed E-state index contributed by atoms with van der Waals surface area (Å²) in [6.45, 7) is 2.14. The van der Waals surface area contributed by atoms with Crippen LogP contribution in [0.1, 0.15) is 18.1 Å². The molecule has 3 nitrogen and oxygen atoms in total. The van der Waals surface area contributed by atoms with Gasteiger partial charge in [-0.25, -0.2) is 5.01 Å². The average molecular weight is 278 g/mol. The van der Waals surface area contributed by atoms with Crippen molar-refractivity contribution in [2.24, 2.45) is 11.0 Å². The van der Waals surface area contributed by atoms with Gasteiger partial charge in [0.25, 0.3) is 0 Å². The van der Waals surface area contributed by atoms with Crippen LogP contribution >= 0.6 is 0 Å². The normalized spacial score (nSPS) is 21.2. The Kier molecular flexibility index (Phi) is 3.82. The second kappa shape index (κ2) is 5.92. The first kappa shape index (κ1) is 13.6. The maximum absolute atomic E-state index is 11.3. The molecule has 0 spiro atoms. The number of amides is 1. The van der Waals surface area contributed by atoms with Gasteiger partial charge in [-0.3, -0.25) is 4.79 Å². The lowest BCUT2D eigenvalue weighted by atomic mass is 9.89. The van der Waals surface area contributed by atoms with Crippen LogP contribution in [-0.4, -0.2) is 23.2 Å². The van der Waals surface area contributed by atoms with E-state index < -0.39 is 0 Å². The zero-order chi connectivity index (χ0) is 14.7. The van der Waals surface area contributed by atoms with Gasteiger partial charge in [0.1, 0.15) is 0 Å². The second-order valence-corrected chi connectivity index (χ2v) is 5.38. The summed E-state index contributed by atoms with van der Waals surface area (Å²) in [5.74, 6) is 0.220. The summed E-state index contributed by atoms with van der Waals surface area (Å²) in [7, 11) is 0. The maximum Gasteiger partial charge on any atom is 0.230 e. The molecule has 1 heterocycles. The standard InChI is InChI=1S/C18H18N2O/c1-14-17(12-15-8-4-2-5-9-15)20(13-21)19-18(14)16-10-6-3-7-11-16/h2-11,13-14,17H,12H2,1H3. The Hall–Kier alpha value is -2.42. The minimum Gasteiger partial charge on any atom is -0.277 e. The van der Waals surface area contributed by atoms with Crippen LogP contribution in [0.15, 0.2) is 65.8 Å². The van der Waals surface area contributed by atoms with Crippen molar-refractivity contribution < 1.29 is 4.79 Å². The molecule has 0 bridgehead atoms. The highest BCUT2D eigenvalue weighted by atomic mass is 16.1. The Bertz CT molecular complexity index is 637. The van der Waals surface area contributed by atoms with Crippen LogP contribution in [0, 0.1) is 5.92 Å². The largest absolute Gasteiger partial charge is 0.277 e. The fraction of sp³-hybridized carbons (Fsp3) is 0.222. The lowest BCUT2D eigenvalue weighted by molar-refractivity contribution is -0.119. The number of carbonyl (C=O) groups is 1. The monoisotopic (exact) mass is 278 g/mol. The summed E-state index contributed by atoms with van der Waals surface area (Å²) in [6.07, 6.45) is 1.65. The highest BCUT2D eigenvalue weighted by Crippen LogP contribution is 2.27. The molecule has 2 aromatic carbocycles. The van der Waals surface area contributed by atoms with E-state index in [1.165, 1.54) is 5.56 Å². The van der Waals surface area contributed by atoms with Crippen molar-refractivity contribution >= 4 is 12.1 Å². The molecular weight excluding hydrogens is 260 g/mol. The van der Waals surface area contributed by atoms with Gasteiger partial charge in [0.05, 0.1) is 11.8 Å². The molecule has 1 amide bonds. The molecule has 3 heteroatoms. The molecule has 1 aliphatic rings. The van der Waals surface area contributed by atoms with Gasteiger partial charge in [-0.15, -0.1) is 0 Å². The lowest BCUT2D eigenvalue weighted by Crippen LogP contribution is -2.33. The third kappa shape index (κ3) is 2.72. The zero-order valence-electron chi connectivity index (χ0n) is 12.0. The van der Waals surface area contributed by atoms with Gasteiger partial charge in [0.15, 0.2) is 0 Å². The summed E-state index contributed by atoms with van der Waals surface area (Å²) in [6, 6.07) is 20.4. The molecule has 3 rings (SSSR count). The molecule has 1 aliphatic heterocycles.